The highest BCUT2D eigenvalue weighted by Crippen LogP contribution is 2.23. The van der Waals surface area contributed by atoms with E-state index in [1.165, 1.54) is 0 Å². The van der Waals surface area contributed by atoms with Crippen LogP contribution in [0.4, 0.5) is 0 Å². The molecule has 1 aliphatic heterocycles. The zero-order valence-electron chi connectivity index (χ0n) is 15.4. The van der Waals surface area contributed by atoms with E-state index < -0.39 is 0 Å². The number of hydrogen-bond acceptors (Lipinski definition) is 7. The van der Waals surface area contributed by atoms with Gasteiger partial charge in [0.05, 0.1) is 31.1 Å². The average Bonchev–Trinajstić information content (AvgIpc) is 3.13. The molecule has 0 atom stereocenters. The van der Waals surface area contributed by atoms with Gasteiger partial charge < -0.3 is 9.15 Å². The van der Waals surface area contributed by atoms with E-state index in [0.29, 0.717) is 24.5 Å². The van der Waals surface area contributed by atoms with E-state index in [1.54, 1.807) is 18.6 Å². The van der Waals surface area contributed by atoms with Crippen LogP contribution in [-0.4, -0.2) is 58.5 Å². The molecule has 1 aliphatic rings. The second-order valence-corrected chi connectivity index (χ2v) is 6.76. The Labute approximate surface area is 157 Å². The normalized spacial score (nSPS) is 15.3. The summed E-state index contributed by atoms with van der Waals surface area (Å²) in [4.78, 5) is 27.6. The van der Waals surface area contributed by atoms with Crippen LogP contribution in [0.1, 0.15) is 18.0 Å². The van der Waals surface area contributed by atoms with Crippen LogP contribution in [0.5, 0.6) is 0 Å². The first-order valence-corrected chi connectivity index (χ1v) is 9.17. The van der Waals surface area contributed by atoms with E-state index in [9.17, 15) is 4.79 Å². The predicted octanol–water partition coefficient (Wildman–Crippen LogP) is 2.43. The molecule has 0 N–H and O–H groups in total. The van der Waals surface area contributed by atoms with Crippen molar-refractivity contribution in [2.75, 3.05) is 32.8 Å². The molecule has 4 heterocycles. The summed E-state index contributed by atoms with van der Waals surface area (Å²) in [5.41, 5.74) is 2.42. The van der Waals surface area contributed by atoms with Crippen LogP contribution in [0, 0.1) is 6.92 Å². The zero-order valence-corrected chi connectivity index (χ0v) is 15.4. The number of Topliss-reactive ketones (excluding diaryl/α,β-unsaturated/α-hetero) is 1. The van der Waals surface area contributed by atoms with Gasteiger partial charge in [-0.25, -0.2) is 4.98 Å². The van der Waals surface area contributed by atoms with Crippen LogP contribution < -0.4 is 0 Å². The Hall–Kier alpha value is -2.64. The Balaban J connectivity index is 1.44. The number of ether oxygens (including phenoxy) is 1. The lowest BCUT2D eigenvalue weighted by Crippen LogP contribution is -2.37. The molecule has 1 fully saturated rings. The minimum absolute atomic E-state index is 0.198. The van der Waals surface area contributed by atoms with Gasteiger partial charge in [0.1, 0.15) is 5.78 Å². The summed E-state index contributed by atoms with van der Waals surface area (Å²) < 4.78 is 10.9. The Kier molecular flexibility index (Phi) is 5.22. The van der Waals surface area contributed by atoms with E-state index in [2.05, 4.69) is 19.9 Å². The molecular weight excluding hydrogens is 344 g/mol. The molecule has 3 aromatic heterocycles. The number of oxazole rings is 1. The smallest absolute Gasteiger partial charge is 0.191 e. The number of aryl methyl sites for hydroxylation is 1. The minimum Gasteiger partial charge on any atom is -0.441 e. The fourth-order valence-corrected chi connectivity index (χ4v) is 3.20. The van der Waals surface area contributed by atoms with E-state index in [-0.39, 0.29) is 5.78 Å². The standard InChI is InChI=1S/C20H22N4O3/c1-14-21-13-20(27-14)16-8-15-9-17(22-12-19(15)23-11-16)10-18(25)2-3-24-4-6-26-7-5-24/h8-9,11-13H,2-7,10H2,1H3. The van der Waals surface area contributed by atoms with Gasteiger partial charge >= 0.3 is 0 Å². The number of fused-ring (bicyclic) bond motifs is 1. The summed E-state index contributed by atoms with van der Waals surface area (Å²) >= 11 is 0. The maximum atomic E-state index is 12.3. The zero-order chi connectivity index (χ0) is 18.6. The van der Waals surface area contributed by atoms with Gasteiger partial charge in [-0.2, -0.15) is 0 Å². The van der Waals surface area contributed by atoms with E-state index in [4.69, 9.17) is 9.15 Å². The van der Waals surface area contributed by atoms with Crippen LogP contribution in [0.3, 0.4) is 0 Å². The summed E-state index contributed by atoms with van der Waals surface area (Å²) in [7, 11) is 0. The summed E-state index contributed by atoms with van der Waals surface area (Å²) in [6, 6.07) is 3.92. The fraction of sp³-hybridized carbons (Fsp3) is 0.400. The van der Waals surface area contributed by atoms with Crippen molar-refractivity contribution in [2.45, 2.75) is 19.8 Å². The van der Waals surface area contributed by atoms with E-state index in [1.807, 2.05) is 19.1 Å². The Bertz CT molecular complexity index is 947. The molecule has 7 heteroatoms. The second-order valence-electron chi connectivity index (χ2n) is 6.76. The number of nitrogens with zero attached hydrogens (tertiary/aromatic N) is 4. The van der Waals surface area contributed by atoms with Gasteiger partial charge in [0.25, 0.3) is 0 Å². The highest BCUT2D eigenvalue weighted by Gasteiger charge is 2.13. The molecule has 1 saturated heterocycles. The maximum Gasteiger partial charge on any atom is 0.191 e. The average molecular weight is 366 g/mol. The molecule has 0 bridgehead atoms. The number of pyridine rings is 2. The Morgan fingerprint density at radius 2 is 1.96 bits per heavy atom. The minimum atomic E-state index is 0.198. The van der Waals surface area contributed by atoms with Crippen LogP contribution in [-0.2, 0) is 16.0 Å². The topological polar surface area (TPSA) is 81.4 Å². The van der Waals surface area contributed by atoms with Crippen molar-refractivity contribution in [3.8, 4) is 11.3 Å². The third-order valence-electron chi connectivity index (χ3n) is 4.72. The molecule has 0 radical (unpaired) electrons. The molecule has 0 unspecified atom stereocenters. The molecule has 0 spiro atoms. The van der Waals surface area contributed by atoms with Gasteiger partial charge in [-0.15, -0.1) is 0 Å². The van der Waals surface area contributed by atoms with Crippen molar-refractivity contribution < 1.29 is 13.9 Å². The lowest BCUT2D eigenvalue weighted by molar-refractivity contribution is -0.119. The Morgan fingerprint density at radius 1 is 1.11 bits per heavy atom. The summed E-state index contributed by atoms with van der Waals surface area (Å²) in [5, 5.41) is 0.938. The van der Waals surface area contributed by atoms with Crippen molar-refractivity contribution in [1.82, 2.24) is 19.9 Å². The summed E-state index contributed by atoms with van der Waals surface area (Å²) in [6.07, 6.45) is 6.03. The molecule has 0 aromatic carbocycles. The molecule has 27 heavy (non-hydrogen) atoms. The third kappa shape index (κ3) is 4.37. The Morgan fingerprint density at radius 3 is 2.74 bits per heavy atom. The van der Waals surface area contributed by atoms with Crippen molar-refractivity contribution in [3.05, 3.63) is 42.3 Å². The van der Waals surface area contributed by atoms with E-state index >= 15 is 0 Å². The van der Waals surface area contributed by atoms with Gasteiger partial charge in [0.15, 0.2) is 11.7 Å². The lowest BCUT2D eigenvalue weighted by Gasteiger charge is -2.26. The molecule has 0 aliphatic carbocycles. The van der Waals surface area contributed by atoms with Gasteiger partial charge in [-0.1, -0.05) is 0 Å². The molecular formula is C20H22N4O3. The van der Waals surface area contributed by atoms with Crippen LogP contribution >= 0.6 is 0 Å². The van der Waals surface area contributed by atoms with Crippen LogP contribution in [0.25, 0.3) is 22.2 Å². The van der Waals surface area contributed by atoms with Crippen LogP contribution in [0.15, 0.2) is 35.1 Å². The number of carbonyl (C=O) groups excluding carboxylic acids is 1. The first-order valence-electron chi connectivity index (χ1n) is 9.17. The lowest BCUT2D eigenvalue weighted by atomic mass is 10.1. The molecule has 140 valence electrons. The third-order valence-corrected chi connectivity index (χ3v) is 4.72. The van der Waals surface area contributed by atoms with Gasteiger partial charge in [0.2, 0.25) is 0 Å². The number of aromatic nitrogens is 3. The van der Waals surface area contributed by atoms with Crippen molar-refractivity contribution in [3.63, 3.8) is 0 Å². The SMILES string of the molecule is Cc1ncc(-c2cnc3cnc(CC(=O)CCN4CCOCC4)cc3c2)o1. The van der Waals surface area contributed by atoms with Gasteiger partial charge in [0, 0.05) is 62.2 Å². The van der Waals surface area contributed by atoms with Crippen molar-refractivity contribution >= 4 is 16.7 Å². The van der Waals surface area contributed by atoms with Crippen molar-refractivity contribution in [2.24, 2.45) is 0 Å². The first-order chi connectivity index (χ1) is 13.2. The van der Waals surface area contributed by atoms with E-state index in [0.717, 1.165) is 55.0 Å². The number of rotatable bonds is 6. The molecule has 0 saturated carbocycles. The largest absolute Gasteiger partial charge is 0.441 e. The van der Waals surface area contributed by atoms with Crippen LogP contribution in [0.2, 0.25) is 0 Å². The molecule has 0 amide bonds. The fourth-order valence-electron chi connectivity index (χ4n) is 3.20. The molecule has 7 nitrogen and oxygen atoms in total. The van der Waals surface area contributed by atoms with Gasteiger partial charge in [-0.3, -0.25) is 19.7 Å². The number of hydrogen-bond donors (Lipinski definition) is 0. The monoisotopic (exact) mass is 366 g/mol. The number of morpholine rings is 1. The summed E-state index contributed by atoms with van der Waals surface area (Å²) in [6.45, 7) is 5.89. The number of ketones is 1. The predicted molar refractivity (Wildman–Crippen MR) is 100 cm³/mol. The second kappa shape index (κ2) is 7.94. The molecule has 4 rings (SSSR count). The van der Waals surface area contributed by atoms with Gasteiger partial charge in [-0.05, 0) is 12.1 Å². The van der Waals surface area contributed by atoms with Crippen molar-refractivity contribution in [1.29, 1.82) is 0 Å². The highest BCUT2D eigenvalue weighted by atomic mass is 16.5. The number of carbonyl (C=O) groups is 1. The highest BCUT2D eigenvalue weighted by molar-refractivity contribution is 5.85. The quantitative estimate of drug-likeness (QED) is 0.663. The first kappa shape index (κ1) is 17.8. The summed E-state index contributed by atoms with van der Waals surface area (Å²) in [5.74, 6) is 1.50. The molecule has 3 aromatic rings. The maximum absolute atomic E-state index is 12.3.